The molecule has 2 rings (SSSR count). The molecule has 0 saturated heterocycles. The van der Waals surface area contributed by atoms with Crippen molar-refractivity contribution in [1.82, 2.24) is 0 Å². The summed E-state index contributed by atoms with van der Waals surface area (Å²) in [4.78, 5) is 0. The summed E-state index contributed by atoms with van der Waals surface area (Å²) < 4.78 is 11.5. The first-order valence-electron chi connectivity index (χ1n) is 8.79. The van der Waals surface area contributed by atoms with E-state index in [9.17, 15) is 0 Å². The van der Waals surface area contributed by atoms with Gasteiger partial charge in [-0.1, -0.05) is 32.9 Å². The van der Waals surface area contributed by atoms with Gasteiger partial charge < -0.3 is 14.8 Å². The Labute approximate surface area is 146 Å². The molecule has 0 heterocycles. The average Bonchev–Trinajstić information content (AvgIpc) is 2.60. The molecule has 1 unspecified atom stereocenters. The largest absolute Gasteiger partial charge is 0.493 e. The SMILES string of the molecule is CCC(C)Oc1ccc(CNc2ccc(OCC(C)C)cc2)cc1. The summed E-state index contributed by atoms with van der Waals surface area (Å²) in [5.41, 5.74) is 2.32. The van der Waals surface area contributed by atoms with E-state index in [1.165, 1.54) is 5.56 Å². The zero-order valence-electron chi connectivity index (χ0n) is 15.2. The fourth-order valence-electron chi connectivity index (χ4n) is 2.14. The Morgan fingerprint density at radius 3 is 2.08 bits per heavy atom. The molecule has 24 heavy (non-hydrogen) atoms. The number of anilines is 1. The fraction of sp³-hybridized carbons (Fsp3) is 0.429. The lowest BCUT2D eigenvalue weighted by molar-refractivity contribution is 0.217. The maximum absolute atomic E-state index is 5.80. The van der Waals surface area contributed by atoms with Crippen molar-refractivity contribution in [2.45, 2.75) is 46.8 Å². The highest BCUT2D eigenvalue weighted by atomic mass is 16.5. The number of nitrogens with one attached hydrogen (secondary N) is 1. The van der Waals surface area contributed by atoms with E-state index in [4.69, 9.17) is 9.47 Å². The molecule has 0 aromatic heterocycles. The maximum atomic E-state index is 5.80. The third-order valence-corrected chi connectivity index (χ3v) is 3.77. The molecule has 0 aliphatic rings. The van der Waals surface area contributed by atoms with Gasteiger partial charge >= 0.3 is 0 Å². The van der Waals surface area contributed by atoms with Crippen LogP contribution in [0.3, 0.4) is 0 Å². The van der Waals surface area contributed by atoms with Gasteiger partial charge in [0.25, 0.3) is 0 Å². The zero-order chi connectivity index (χ0) is 17.4. The van der Waals surface area contributed by atoms with Gasteiger partial charge in [-0.15, -0.1) is 0 Å². The average molecular weight is 327 g/mol. The molecular formula is C21H29NO2. The lowest BCUT2D eigenvalue weighted by atomic mass is 10.2. The predicted octanol–water partition coefficient (Wildman–Crippen LogP) is 5.51. The molecule has 0 aliphatic heterocycles. The Kier molecular flexibility index (Phi) is 6.98. The van der Waals surface area contributed by atoms with Crippen molar-refractivity contribution in [1.29, 1.82) is 0 Å². The molecule has 0 spiro atoms. The molecular weight excluding hydrogens is 298 g/mol. The van der Waals surface area contributed by atoms with Crippen molar-refractivity contribution in [2.24, 2.45) is 5.92 Å². The van der Waals surface area contributed by atoms with Gasteiger partial charge in [0.1, 0.15) is 11.5 Å². The van der Waals surface area contributed by atoms with Gasteiger partial charge in [-0.05, 0) is 61.2 Å². The molecule has 1 N–H and O–H groups in total. The van der Waals surface area contributed by atoms with Crippen LogP contribution in [0.2, 0.25) is 0 Å². The van der Waals surface area contributed by atoms with E-state index in [0.29, 0.717) is 5.92 Å². The lowest BCUT2D eigenvalue weighted by Crippen LogP contribution is -2.09. The maximum Gasteiger partial charge on any atom is 0.119 e. The van der Waals surface area contributed by atoms with E-state index < -0.39 is 0 Å². The highest BCUT2D eigenvalue weighted by Gasteiger charge is 2.02. The summed E-state index contributed by atoms with van der Waals surface area (Å²) in [6.45, 7) is 10.0. The minimum Gasteiger partial charge on any atom is -0.493 e. The van der Waals surface area contributed by atoms with E-state index in [-0.39, 0.29) is 6.10 Å². The molecule has 2 aromatic carbocycles. The van der Waals surface area contributed by atoms with Crippen molar-refractivity contribution in [3.8, 4) is 11.5 Å². The summed E-state index contributed by atoms with van der Waals surface area (Å²) in [6, 6.07) is 16.4. The molecule has 0 amide bonds. The monoisotopic (exact) mass is 327 g/mol. The molecule has 2 aromatic rings. The summed E-state index contributed by atoms with van der Waals surface area (Å²) in [6.07, 6.45) is 1.27. The van der Waals surface area contributed by atoms with E-state index in [1.54, 1.807) is 0 Å². The normalized spacial score (nSPS) is 12.0. The molecule has 0 aliphatic carbocycles. The summed E-state index contributed by atoms with van der Waals surface area (Å²) >= 11 is 0. The van der Waals surface area contributed by atoms with Gasteiger partial charge in [0.2, 0.25) is 0 Å². The van der Waals surface area contributed by atoms with Crippen molar-refractivity contribution in [3.63, 3.8) is 0 Å². The van der Waals surface area contributed by atoms with Crippen LogP contribution in [0.25, 0.3) is 0 Å². The van der Waals surface area contributed by atoms with Gasteiger partial charge in [-0.25, -0.2) is 0 Å². The van der Waals surface area contributed by atoms with Crippen molar-refractivity contribution in [3.05, 3.63) is 54.1 Å². The van der Waals surface area contributed by atoms with Gasteiger partial charge in [-0.2, -0.15) is 0 Å². The molecule has 1 atom stereocenters. The number of hydrogen-bond acceptors (Lipinski definition) is 3. The topological polar surface area (TPSA) is 30.5 Å². The second-order valence-corrected chi connectivity index (χ2v) is 6.56. The lowest BCUT2D eigenvalue weighted by Gasteiger charge is -2.13. The van der Waals surface area contributed by atoms with E-state index in [0.717, 1.165) is 36.8 Å². The van der Waals surface area contributed by atoms with Crippen LogP contribution in [0.4, 0.5) is 5.69 Å². The third kappa shape index (κ3) is 6.15. The van der Waals surface area contributed by atoms with Gasteiger partial charge in [-0.3, -0.25) is 0 Å². The van der Waals surface area contributed by atoms with Crippen LogP contribution in [0, 0.1) is 5.92 Å². The number of benzene rings is 2. The molecule has 0 bridgehead atoms. The van der Waals surface area contributed by atoms with Crippen molar-refractivity contribution < 1.29 is 9.47 Å². The second kappa shape index (κ2) is 9.21. The fourth-order valence-corrected chi connectivity index (χ4v) is 2.14. The van der Waals surface area contributed by atoms with Crippen molar-refractivity contribution >= 4 is 5.69 Å². The first-order valence-corrected chi connectivity index (χ1v) is 8.79. The second-order valence-electron chi connectivity index (χ2n) is 6.56. The molecule has 0 radical (unpaired) electrons. The Morgan fingerprint density at radius 1 is 0.875 bits per heavy atom. The number of ether oxygens (including phenoxy) is 2. The zero-order valence-corrected chi connectivity index (χ0v) is 15.2. The first kappa shape index (κ1) is 18.2. The first-order chi connectivity index (χ1) is 11.6. The minimum atomic E-state index is 0.255. The Hall–Kier alpha value is -2.16. The van der Waals surface area contributed by atoms with Gasteiger partial charge in [0.15, 0.2) is 0 Å². The number of rotatable bonds is 9. The van der Waals surface area contributed by atoms with Crippen LogP contribution >= 0.6 is 0 Å². The Morgan fingerprint density at radius 2 is 1.50 bits per heavy atom. The van der Waals surface area contributed by atoms with Crippen LogP contribution < -0.4 is 14.8 Å². The molecule has 3 heteroatoms. The predicted molar refractivity (Wildman–Crippen MR) is 101 cm³/mol. The van der Waals surface area contributed by atoms with Crippen molar-refractivity contribution in [2.75, 3.05) is 11.9 Å². The van der Waals surface area contributed by atoms with E-state index in [1.807, 2.05) is 24.3 Å². The highest BCUT2D eigenvalue weighted by Crippen LogP contribution is 2.18. The summed E-state index contributed by atoms with van der Waals surface area (Å²) in [5.74, 6) is 2.38. The van der Waals surface area contributed by atoms with Crippen LogP contribution in [-0.2, 0) is 6.54 Å². The molecule has 0 fully saturated rings. The van der Waals surface area contributed by atoms with Gasteiger partial charge in [0.05, 0.1) is 12.7 Å². The summed E-state index contributed by atoms with van der Waals surface area (Å²) in [7, 11) is 0. The van der Waals surface area contributed by atoms with Crippen LogP contribution in [-0.4, -0.2) is 12.7 Å². The minimum absolute atomic E-state index is 0.255. The van der Waals surface area contributed by atoms with Gasteiger partial charge in [0, 0.05) is 12.2 Å². The standard InChI is InChI=1S/C21H29NO2/c1-5-17(4)24-21-10-6-18(7-11-21)14-22-19-8-12-20(13-9-19)23-15-16(2)3/h6-13,16-17,22H,5,14-15H2,1-4H3. The smallest absolute Gasteiger partial charge is 0.119 e. The molecule has 0 saturated carbocycles. The van der Waals surface area contributed by atoms with E-state index in [2.05, 4.69) is 57.3 Å². The summed E-state index contributed by atoms with van der Waals surface area (Å²) in [5, 5.41) is 3.43. The molecule has 130 valence electrons. The van der Waals surface area contributed by atoms with E-state index >= 15 is 0 Å². The highest BCUT2D eigenvalue weighted by molar-refractivity contribution is 5.47. The van der Waals surface area contributed by atoms with Crippen LogP contribution in [0.1, 0.15) is 39.7 Å². The quantitative estimate of drug-likeness (QED) is 0.658. The van der Waals surface area contributed by atoms with Crippen LogP contribution in [0.15, 0.2) is 48.5 Å². The van der Waals surface area contributed by atoms with Crippen LogP contribution in [0.5, 0.6) is 11.5 Å². The molecule has 3 nitrogen and oxygen atoms in total. The number of hydrogen-bond donors (Lipinski definition) is 1. The third-order valence-electron chi connectivity index (χ3n) is 3.77. The Balaban J connectivity index is 1.82. The Bertz CT molecular complexity index is 590.